The maximum absolute atomic E-state index is 5.20. The van der Waals surface area contributed by atoms with Gasteiger partial charge in [0.2, 0.25) is 0 Å². The van der Waals surface area contributed by atoms with E-state index in [9.17, 15) is 0 Å². The molecule has 4 heteroatoms. The van der Waals surface area contributed by atoms with Gasteiger partial charge in [0.1, 0.15) is 6.26 Å². The van der Waals surface area contributed by atoms with Crippen molar-refractivity contribution < 1.29 is 4.42 Å². The summed E-state index contributed by atoms with van der Waals surface area (Å²) in [5.74, 6) is 0. The molecule has 0 aliphatic heterocycles. The standard InChI is InChI=1S/C10H9BrN2O/c1-13(10-12-6-7-14-10)9-5-3-2-4-8(9)11/h2-7H,1H3. The van der Waals surface area contributed by atoms with Crippen LogP contribution in [0.3, 0.4) is 0 Å². The minimum Gasteiger partial charge on any atom is -0.432 e. The van der Waals surface area contributed by atoms with Gasteiger partial charge in [-0.3, -0.25) is 4.90 Å². The number of anilines is 2. The summed E-state index contributed by atoms with van der Waals surface area (Å²) in [6, 6.07) is 8.50. The van der Waals surface area contributed by atoms with Gasteiger partial charge in [0.25, 0.3) is 0 Å². The predicted molar refractivity (Wildman–Crippen MR) is 58.7 cm³/mol. The molecule has 1 aromatic carbocycles. The van der Waals surface area contributed by atoms with Gasteiger partial charge in [0.15, 0.2) is 0 Å². The SMILES string of the molecule is CN(c1ncco1)c1ccccc1Br. The number of benzene rings is 1. The Balaban J connectivity index is 2.37. The summed E-state index contributed by atoms with van der Waals surface area (Å²) in [6.07, 6.45) is 3.19. The monoisotopic (exact) mass is 252 g/mol. The van der Waals surface area contributed by atoms with Crippen molar-refractivity contribution in [3.63, 3.8) is 0 Å². The topological polar surface area (TPSA) is 29.3 Å². The summed E-state index contributed by atoms with van der Waals surface area (Å²) in [5, 5.41) is 0. The largest absolute Gasteiger partial charge is 0.432 e. The Morgan fingerprint density at radius 3 is 2.79 bits per heavy atom. The summed E-state index contributed by atoms with van der Waals surface area (Å²) in [7, 11) is 1.91. The second-order valence-corrected chi connectivity index (χ2v) is 3.68. The molecule has 0 unspecified atom stereocenters. The third-order valence-electron chi connectivity index (χ3n) is 1.92. The van der Waals surface area contributed by atoms with E-state index < -0.39 is 0 Å². The Morgan fingerprint density at radius 2 is 2.14 bits per heavy atom. The first-order valence-corrected chi connectivity index (χ1v) is 4.96. The van der Waals surface area contributed by atoms with Crippen molar-refractivity contribution >= 4 is 27.6 Å². The van der Waals surface area contributed by atoms with E-state index in [1.807, 2.05) is 36.2 Å². The molecule has 0 saturated heterocycles. The van der Waals surface area contributed by atoms with Crippen LogP contribution in [0.25, 0.3) is 0 Å². The summed E-state index contributed by atoms with van der Waals surface area (Å²) in [4.78, 5) is 5.95. The molecular weight excluding hydrogens is 244 g/mol. The Morgan fingerprint density at radius 1 is 1.36 bits per heavy atom. The molecule has 0 saturated carbocycles. The summed E-state index contributed by atoms with van der Waals surface area (Å²) in [5.41, 5.74) is 1.02. The Kier molecular flexibility index (Phi) is 2.54. The molecule has 2 rings (SSSR count). The summed E-state index contributed by atoms with van der Waals surface area (Å²) in [6.45, 7) is 0. The quantitative estimate of drug-likeness (QED) is 0.822. The van der Waals surface area contributed by atoms with Crippen molar-refractivity contribution in [2.75, 3.05) is 11.9 Å². The van der Waals surface area contributed by atoms with Crippen LogP contribution >= 0.6 is 15.9 Å². The maximum atomic E-state index is 5.20. The lowest BCUT2D eigenvalue weighted by atomic mass is 10.3. The fourth-order valence-corrected chi connectivity index (χ4v) is 1.76. The highest BCUT2D eigenvalue weighted by Crippen LogP contribution is 2.29. The zero-order valence-corrected chi connectivity index (χ0v) is 9.23. The molecule has 0 bridgehead atoms. The average Bonchev–Trinajstić information content (AvgIpc) is 2.70. The molecule has 0 amide bonds. The Bertz CT molecular complexity index is 414. The van der Waals surface area contributed by atoms with Gasteiger partial charge in [-0.25, -0.2) is 4.98 Å². The molecule has 1 heterocycles. The number of hydrogen-bond acceptors (Lipinski definition) is 3. The second-order valence-electron chi connectivity index (χ2n) is 2.83. The normalized spacial score (nSPS) is 10.1. The lowest BCUT2D eigenvalue weighted by Crippen LogP contribution is -2.09. The van der Waals surface area contributed by atoms with Crippen molar-refractivity contribution in [3.8, 4) is 0 Å². The van der Waals surface area contributed by atoms with Gasteiger partial charge in [0, 0.05) is 11.5 Å². The Hall–Kier alpha value is -1.29. The van der Waals surface area contributed by atoms with E-state index in [2.05, 4.69) is 20.9 Å². The minimum atomic E-state index is 0.580. The van der Waals surface area contributed by atoms with E-state index in [-0.39, 0.29) is 0 Å². The van der Waals surface area contributed by atoms with Crippen LogP contribution < -0.4 is 4.90 Å². The molecule has 0 spiro atoms. The number of hydrogen-bond donors (Lipinski definition) is 0. The highest BCUT2D eigenvalue weighted by atomic mass is 79.9. The van der Waals surface area contributed by atoms with Crippen LogP contribution in [0, 0.1) is 0 Å². The maximum Gasteiger partial charge on any atom is 0.301 e. The van der Waals surface area contributed by atoms with Gasteiger partial charge in [-0.05, 0) is 28.1 Å². The average molecular weight is 253 g/mol. The number of nitrogens with zero attached hydrogens (tertiary/aromatic N) is 2. The van der Waals surface area contributed by atoms with Gasteiger partial charge in [-0.15, -0.1) is 0 Å². The van der Waals surface area contributed by atoms with Crippen molar-refractivity contribution in [1.82, 2.24) is 4.98 Å². The molecule has 1 aromatic heterocycles. The molecule has 14 heavy (non-hydrogen) atoms. The van der Waals surface area contributed by atoms with Crippen molar-refractivity contribution in [1.29, 1.82) is 0 Å². The molecule has 0 aliphatic carbocycles. The zero-order valence-electron chi connectivity index (χ0n) is 7.64. The van der Waals surface area contributed by atoms with Gasteiger partial charge in [0.05, 0.1) is 11.9 Å². The van der Waals surface area contributed by atoms with E-state index in [0.29, 0.717) is 6.01 Å². The molecule has 72 valence electrons. The van der Waals surface area contributed by atoms with Crippen molar-refractivity contribution in [2.45, 2.75) is 0 Å². The second kappa shape index (κ2) is 3.84. The van der Waals surface area contributed by atoms with Gasteiger partial charge in [-0.1, -0.05) is 12.1 Å². The molecule has 0 aliphatic rings. The third-order valence-corrected chi connectivity index (χ3v) is 2.59. The van der Waals surface area contributed by atoms with Crippen LogP contribution in [-0.2, 0) is 0 Å². The van der Waals surface area contributed by atoms with E-state index >= 15 is 0 Å². The minimum absolute atomic E-state index is 0.580. The van der Waals surface area contributed by atoms with Crippen LogP contribution in [0.5, 0.6) is 0 Å². The predicted octanol–water partition coefficient (Wildman–Crippen LogP) is 3.21. The van der Waals surface area contributed by atoms with Crippen LogP contribution in [0.15, 0.2) is 45.6 Å². The van der Waals surface area contributed by atoms with Crippen molar-refractivity contribution in [2.24, 2.45) is 0 Å². The molecule has 0 radical (unpaired) electrons. The first-order valence-electron chi connectivity index (χ1n) is 4.17. The fraction of sp³-hybridized carbons (Fsp3) is 0.100. The van der Waals surface area contributed by atoms with E-state index in [4.69, 9.17) is 4.42 Å². The summed E-state index contributed by atoms with van der Waals surface area (Å²) < 4.78 is 6.21. The van der Waals surface area contributed by atoms with E-state index in [0.717, 1.165) is 10.2 Å². The van der Waals surface area contributed by atoms with Crippen LogP contribution in [-0.4, -0.2) is 12.0 Å². The molecule has 2 aromatic rings. The smallest absolute Gasteiger partial charge is 0.301 e. The lowest BCUT2D eigenvalue weighted by Gasteiger charge is -2.15. The third kappa shape index (κ3) is 1.65. The number of halogens is 1. The molecule has 0 atom stereocenters. The van der Waals surface area contributed by atoms with E-state index in [1.165, 1.54) is 0 Å². The molecular formula is C10H9BrN2O. The first kappa shape index (κ1) is 9.27. The highest BCUT2D eigenvalue weighted by molar-refractivity contribution is 9.10. The number of para-hydroxylation sites is 1. The molecule has 0 N–H and O–H groups in total. The van der Waals surface area contributed by atoms with E-state index in [1.54, 1.807) is 12.5 Å². The first-order chi connectivity index (χ1) is 6.79. The van der Waals surface area contributed by atoms with Crippen LogP contribution in [0.2, 0.25) is 0 Å². The van der Waals surface area contributed by atoms with Gasteiger partial charge in [-0.2, -0.15) is 0 Å². The number of rotatable bonds is 2. The van der Waals surface area contributed by atoms with Crippen molar-refractivity contribution in [3.05, 3.63) is 41.2 Å². The Labute approximate surface area is 90.5 Å². The lowest BCUT2D eigenvalue weighted by molar-refractivity contribution is 0.561. The fourth-order valence-electron chi connectivity index (χ4n) is 1.21. The van der Waals surface area contributed by atoms with Crippen LogP contribution in [0.1, 0.15) is 0 Å². The zero-order chi connectivity index (χ0) is 9.97. The van der Waals surface area contributed by atoms with Gasteiger partial charge >= 0.3 is 6.01 Å². The van der Waals surface area contributed by atoms with Gasteiger partial charge < -0.3 is 4.42 Å². The molecule has 3 nitrogen and oxygen atoms in total. The number of oxazole rings is 1. The highest BCUT2D eigenvalue weighted by Gasteiger charge is 2.09. The van der Waals surface area contributed by atoms with Crippen LogP contribution in [0.4, 0.5) is 11.7 Å². The number of aromatic nitrogens is 1. The summed E-state index contributed by atoms with van der Waals surface area (Å²) >= 11 is 3.47. The molecule has 0 fully saturated rings.